The lowest BCUT2D eigenvalue weighted by molar-refractivity contribution is 0.333. The van der Waals surface area contributed by atoms with Crippen molar-refractivity contribution in [1.29, 1.82) is 0 Å². The zero-order valence-electron chi connectivity index (χ0n) is 12.4. The molecule has 0 saturated heterocycles. The van der Waals surface area contributed by atoms with Gasteiger partial charge in [0.05, 0.1) is 12.1 Å². The second-order valence-corrected chi connectivity index (χ2v) is 5.03. The standard InChI is InChI=1S/C17H20ClNO2/c1-3-13-4-7-15(8-5-13)21-11-10-19-14-6-9-17(20-2)16(18)12-14/h4-9,12,19H,3,10-11H2,1-2H3. The molecule has 1 N–H and O–H groups in total. The molecular formula is C17H20ClNO2. The molecule has 0 aliphatic rings. The molecule has 2 aromatic carbocycles. The van der Waals surface area contributed by atoms with Gasteiger partial charge in [0, 0.05) is 12.2 Å². The summed E-state index contributed by atoms with van der Waals surface area (Å²) in [6, 6.07) is 13.8. The number of nitrogens with one attached hydrogen (secondary N) is 1. The number of hydrogen-bond donors (Lipinski definition) is 1. The van der Waals surface area contributed by atoms with Gasteiger partial charge >= 0.3 is 0 Å². The second-order valence-electron chi connectivity index (χ2n) is 4.62. The van der Waals surface area contributed by atoms with E-state index in [1.807, 2.05) is 30.3 Å². The van der Waals surface area contributed by atoms with Crippen molar-refractivity contribution in [1.82, 2.24) is 0 Å². The minimum Gasteiger partial charge on any atom is -0.495 e. The second kappa shape index (κ2) is 7.79. The van der Waals surface area contributed by atoms with Crippen molar-refractivity contribution in [3.05, 3.63) is 53.1 Å². The van der Waals surface area contributed by atoms with E-state index in [2.05, 4.69) is 24.4 Å². The fourth-order valence-electron chi connectivity index (χ4n) is 1.96. The average Bonchev–Trinajstić information content (AvgIpc) is 2.52. The minimum absolute atomic E-state index is 0.592. The Morgan fingerprint density at radius 1 is 1.10 bits per heavy atom. The lowest BCUT2D eigenvalue weighted by Crippen LogP contribution is -2.11. The van der Waals surface area contributed by atoms with E-state index in [1.165, 1.54) is 5.56 Å². The molecule has 0 amide bonds. The monoisotopic (exact) mass is 305 g/mol. The van der Waals surface area contributed by atoms with Gasteiger partial charge in [0.1, 0.15) is 18.1 Å². The third kappa shape index (κ3) is 4.57. The number of hydrogen-bond acceptors (Lipinski definition) is 3. The van der Waals surface area contributed by atoms with Crippen molar-refractivity contribution in [3.8, 4) is 11.5 Å². The molecule has 0 bridgehead atoms. The van der Waals surface area contributed by atoms with Crippen molar-refractivity contribution < 1.29 is 9.47 Å². The molecule has 0 saturated carbocycles. The van der Waals surface area contributed by atoms with E-state index >= 15 is 0 Å². The molecular weight excluding hydrogens is 286 g/mol. The van der Waals surface area contributed by atoms with Crippen LogP contribution in [0.15, 0.2) is 42.5 Å². The van der Waals surface area contributed by atoms with Gasteiger partial charge in [-0.1, -0.05) is 30.7 Å². The van der Waals surface area contributed by atoms with Crippen LogP contribution >= 0.6 is 11.6 Å². The Bertz CT molecular complexity index is 570. The Balaban J connectivity index is 1.77. The van der Waals surface area contributed by atoms with Gasteiger partial charge in [-0.05, 0) is 42.3 Å². The predicted molar refractivity (Wildman–Crippen MR) is 87.8 cm³/mol. The first-order valence-electron chi connectivity index (χ1n) is 7.02. The number of ether oxygens (including phenoxy) is 2. The topological polar surface area (TPSA) is 30.5 Å². The molecule has 0 heterocycles. The largest absolute Gasteiger partial charge is 0.495 e. The third-order valence-electron chi connectivity index (χ3n) is 3.18. The van der Waals surface area contributed by atoms with Crippen LogP contribution in [0.3, 0.4) is 0 Å². The zero-order valence-corrected chi connectivity index (χ0v) is 13.1. The van der Waals surface area contributed by atoms with E-state index in [0.717, 1.165) is 17.9 Å². The molecule has 0 aliphatic carbocycles. The summed E-state index contributed by atoms with van der Waals surface area (Å²) >= 11 is 6.07. The summed E-state index contributed by atoms with van der Waals surface area (Å²) in [5, 5.41) is 3.86. The SMILES string of the molecule is CCc1ccc(OCCNc2ccc(OC)c(Cl)c2)cc1. The molecule has 2 rings (SSSR count). The molecule has 0 aromatic heterocycles. The maximum Gasteiger partial charge on any atom is 0.137 e. The van der Waals surface area contributed by atoms with Crippen LogP contribution in [-0.4, -0.2) is 20.3 Å². The third-order valence-corrected chi connectivity index (χ3v) is 3.48. The number of anilines is 1. The quantitative estimate of drug-likeness (QED) is 0.769. The highest BCUT2D eigenvalue weighted by molar-refractivity contribution is 6.32. The predicted octanol–water partition coefficient (Wildman–Crippen LogP) is 4.40. The zero-order chi connectivity index (χ0) is 15.1. The Morgan fingerprint density at radius 2 is 1.86 bits per heavy atom. The molecule has 0 aliphatic heterocycles. The molecule has 0 atom stereocenters. The van der Waals surface area contributed by atoms with Gasteiger partial charge in [-0.3, -0.25) is 0 Å². The Morgan fingerprint density at radius 3 is 2.48 bits per heavy atom. The van der Waals surface area contributed by atoms with Gasteiger partial charge in [-0.25, -0.2) is 0 Å². The van der Waals surface area contributed by atoms with E-state index in [4.69, 9.17) is 21.1 Å². The van der Waals surface area contributed by atoms with Crippen LogP contribution in [0.5, 0.6) is 11.5 Å². The Labute approximate surface area is 130 Å². The highest BCUT2D eigenvalue weighted by atomic mass is 35.5. The maximum absolute atomic E-state index is 6.07. The van der Waals surface area contributed by atoms with Crippen molar-refractivity contribution in [3.63, 3.8) is 0 Å². The first kappa shape index (κ1) is 15.5. The van der Waals surface area contributed by atoms with Crippen LogP contribution in [0.4, 0.5) is 5.69 Å². The molecule has 3 nitrogen and oxygen atoms in total. The van der Waals surface area contributed by atoms with Crippen LogP contribution in [0.2, 0.25) is 5.02 Å². The van der Waals surface area contributed by atoms with E-state index < -0.39 is 0 Å². The average molecular weight is 306 g/mol. The number of methoxy groups -OCH3 is 1. The molecule has 0 spiro atoms. The van der Waals surface area contributed by atoms with E-state index in [9.17, 15) is 0 Å². The van der Waals surface area contributed by atoms with Gasteiger partial charge in [0.2, 0.25) is 0 Å². The van der Waals surface area contributed by atoms with Crippen molar-refractivity contribution >= 4 is 17.3 Å². The summed E-state index contributed by atoms with van der Waals surface area (Å²) in [7, 11) is 1.60. The van der Waals surface area contributed by atoms with Gasteiger partial charge in [0.15, 0.2) is 0 Å². The molecule has 0 radical (unpaired) electrons. The highest BCUT2D eigenvalue weighted by Gasteiger charge is 2.01. The minimum atomic E-state index is 0.592. The molecule has 112 valence electrons. The van der Waals surface area contributed by atoms with Crippen molar-refractivity contribution in [2.75, 3.05) is 25.6 Å². The van der Waals surface area contributed by atoms with Crippen LogP contribution < -0.4 is 14.8 Å². The number of halogens is 1. The number of benzene rings is 2. The lowest BCUT2D eigenvalue weighted by Gasteiger charge is -2.10. The maximum atomic E-state index is 6.07. The lowest BCUT2D eigenvalue weighted by atomic mass is 10.2. The molecule has 0 unspecified atom stereocenters. The summed E-state index contributed by atoms with van der Waals surface area (Å²) in [5.41, 5.74) is 2.26. The van der Waals surface area contributed by atoms with Gasteiger partial charge < -0.3 is 14.8 Å². The fourth-order valence-corrected chi connectivity index (χ4v) is 2.22. The van der Waals surface area contributed by atoms with Gasteiger partial charge in [-0.15, -0.1) is 0 Å². The van der Waals surface area contributed by atoms with Crippen molar-refractivity contribution in [2.24, 2.45) is 0 Å². The summed E-state index contributed by atoms with van der Waals surface area (Å²) in [5.74, 6) is 1.57. The van der Waals surface area contributed by atoms with E-state index in [1.54, 1.807) is 7.11 Å². The smallest absolute Gasteiger partial charge is 0.137 e. The Hall–Kier alpha value is -1.87. The van der Waals surface area contributed by atoms with Crippen LogP contribution in [0.25, 0.3) is 0 Å². The van der Waals surface area contributed by atoms with Crippen molar-refractivity contribution in [2.45, 2.75) is 13.3 Å². The van der Waals surface area contributed by atoms with Gasteiger partial charge in [0.25, 0.3) is 0 Å². The molecule has 0 fully saturated rings. The summed E-state index contributed by atoms with van der Waals surface area (Å²) in [6.07, 6.45) is 1.04. The normalized spacial score (nSPS) is 10.2. The first-order chi connectivity index (χ1) is 10.2. The molecule has 4 heteroatoms. The fraction of sp³-hybridized carbons (Fsp3) is 0.294. The molecule has 21 heavy (non-hydrogen) atoms. The van der Waals surface area contributed by atoms with Crippen LogP contribution in [0, 0.1) is 0 Å². The Kier molecular flexibility index (Phi) is 5.76. The summed E-state index contributed by atoms with van der Waals surface area (Å²) in [6.45, 7) is 3.44. The van der Waals surface area contributed by atoms with Crippen LogP contribution in [-0.2, 0) is 6.42 Å². The van der Waals surface area contributed by atoms with Gasteiger partial charge in [-0.2, -0.15) is 0 Å². The molecule has 2 aromatic rings. The number of rotatable bonds is 7. The van der Waals surface area contributed by atoms with Crippen LogP contribution in [0.1, 0.15) is 12.5 Å². The van der Waals surface area contributed by atoms with E-state index in [-0.39, 0.29) is 0 Å². The number of aryl methyl sites for hydroxylation is 1. The summed E-state index contributed by atoms with van der Waals surface area (Å²) < 4.78 is 10.8. The first-order valence-corrected chi connectivity index (χ1v) is 7.40. The summed E-state index contributed by atoms with van der Waals surface area (Å²) in [4.78, 5) is 0. The highest BCUT2D eigenvalue weighted by Crippen LogP contribution is 2.27. The van der Waals surface area contributed by atoms with E-state index in [0.29, 0.717) is 23.9 Å².